The third kappa shape index (κ3) is 4.69. The van der Waals surface area contributed by atoms with E-state index in [0.717, 1.165) is 30.9 Å². The zero-order chi connectivity index (χ0) is 24.5. The number of rotatable bonds is 7. The molecule has 4 amide bonds. The summed E-state index contributed by atoms with van der Waals surface area (Å²) in [5.41, 5.74) is 9.24. The number of imide groups is 1. The molecule has 0 aromatic heterocycles. The molecule has 3 heterocycles. The van der Waals surface area contributed by atoms with Crippen molar-refractivity contribution in [1.29, 1.82) is 0 Å². The summed E-state index contributed by atoms with van der Waals surface area (Å²) in [6.45, 7) is 3.29. The summed E-state index contributed by atoms with van der Waals surface area (Å²) in [5.74, 6) is -0.998. The molecule has 1 unspecified atom stereocenters. The minimum absolute atomic E-state index is 0.120. The minimum Gasteiger partial charge on any atom is -0.399 e. The molecule has 10 nitrogen and oxygen atoms in total. The molecule has 3 aliphatic rings. The molecule has 1 atom stereocenters. The molecule has 2 aromatic rings. The van der Waals surface area contributed by atoms with Gasteiger partial charge < -0.3 is 21.3 Å². The van der Waals surface area contributed by atoms with E-state index in [-0.39, 0.29) is 30.2 Å². The number of nitrogens with one attached hydrogen (secondary N) is 3. The van der Waals surface area contributed by atoms with Gasteiger partial charge in [-0.15, -0.1) is 0 Å². The second-order valence-corrected chi connectivity index (χ2v) is 9.21. The van der Waals surface area contributed by atoms with Crippen LogP contribution in [0.1, 0.15) is 39.1 Å². The molecular formula is C25H28N6O4. The highest BCUT2D eigenvalue weighted by Crippen LogP contribution is 2.33. The van der Waals surface area contributed by atoms with Crippen LogP contribution in [0.15, 0.2) is 42.5 Å². The summed E-state index contributed by atoms with van der Waals surface area (Å²) in [4.78, 5) is 52.7. The number of hydrogen-bond donors (Lipinski definition) is 4. The van der Waals surface area contributed by atoms with Gasteiger partial charge in [-0.1, -0.05) is 6.07 Å². The number of hydrogen-bond acceptors (Lipinski definition) is 7. The first kappa shape index (κ1) is 22.9. The van der Waals surface area contributed by atoms with E-state index < -0.39 is 11.9 Å². The molecule has 3 aliphatic heterocycles. The van der Waals surface area contributed by atoms with Crippen molar-refractivity contribution in [3.05, 3.63) is 59.2 Å². The molecular weight excluding hydrogens is 448 g/mol. The molecule has 2 fully saturated rings. The van der Waals surface area contributed by atoms with Crippen LogP contribution in [-0.2, 0) is 16.1 Å². The van der Waals surface area contributed by atoms with E-state index in [0.29, 0.717) is 36.3 Å². The summed E-state index contributed by atoms with van der Waals surface area (Å²) in [6.07, 6.45) is 0.583. The number of nitrogen functional groups attached to an aromatic ring is 1. The fraction of sp³-hybridized carbons (Fsp3) is 0.360. The number of amides is 4. The predicted octanol–water partition coefficient (Wildman–Crippen LogP) is 0.556. The third-order valence-corrected chi connectivity index (χ3v) is 6.79. The van der Waals surface area contributed by atoms with Crippen LogP contribution in [0, 0.1) is 0 Å². The van der Waals surface area contributed by atoms with Gasteiger partial charge in [-0.3, -0.25) is 29.4 Å². The Morgan fingerprint density at radius 3 is 2.60 bits per heavy atom. The van der Waals surface area contributed by atoms with Gasteiger partial charge in [0.1, 0.15) is 6.04 Å². The van der Waals surface area contributed by atoms with Crippen LogP contribution in [0.2, 0.25) is 0 Å². The molecule has 0 spiro atoms. The van der Waals surface area contributed by atoms with Crippen molar-refractivity contribution in [2.45, 2.75) is 31.5 Å². The lowest BCUT2D eigenvalue weighted by atomic mass is 10.0. The molecule has 2 saturated heterocycles. The number of carbonyl (C=O) groups excluding carboxylic acids is 4. The molecule has 0 bridgehead atoms. The highest BCUT2D eigenvalue weighted by Gasteiger charge is 2.40. The van der Waals surface area contributed by atoms with Crippen molar-refractivity contribution in [2.24, 2.45) is 0 Å². The summed E-state index contributed by atoms with van der Waals surface area (Å²) in [7, 11) is 0. The monoisotopic (exact) mass is 476 g/mol. The van der Waals surface area contributed by atoms with E-state index in [1.54, 1.807) is 35.2 Å². The third-order valence-electron chi connectivity index (χ3n) is 6.79. The lowest BCUT2D eigenvalue weighted by Gasteiger charge is -2.40. The Balaban J connectivity index is 1.11. The van der Waals surface area contributed by atoms with Crippen molar-refractivity contribution in [3.63, 3.8) is 0 Å². The number of likely N-dealkylation sites (tertiary alicyclic amines) is 1. The van der Waals surface area contributed by atoms with Gasteiger partial charge in [-0.2, -0.15) is 0 Å². The molecule has 0 saturated carbocycles. The molecule has 2 aromatic carbocycles. The van der Waals surface area contributed by atoms with Crippen molar-refractivity contribution in [1.82, 2.24) is 20.4 Å². The van der Waals surface area contributed by atoms with Crippen LogP contribution in [-0.4, -0.2) is 71.7 Å². The molecule has 35 heavy (non-hydrogen) atoms. The first-order valence-corrected chi connectivity index (χ1v) is 11.8. The maximum atomic E-state index is 13.0. The average molecular weight is 477 g/mol. The maximum Gasteiger partial charge on any atom is 0.255 e. The van der Waals surface area contributed by atoms with Crippen LogP contribution in [0.5, 0.6) is 0 Å². The lowest BCUT2D eigenvalue weighted by Crippen LogP contribution is -2.56. The van der Waals surface area contributed by atoms with Crippen molar-refractivity contribution in [3.8, 4) is 0 Å². The van der Waals surface area contributed by atoms with Gasteiger partial charge >= 0.3 is 0 Å². The largest absolute Gasteiger partial charge is 0.399 e. The fourth-order valence-corrected chi connectivity index (χ4v) is 4.85. The predicted molar refractivity (Wildman–Crippen MR) is 130 cm³/mol. The number of anilines is 2. The second-order valence-electron chi connectivity index (χ2n) is 9.21. The van der Waals surface area contributed by atoms with E-state index in [9.17, 15) is 19.2 Å². The van der Waals surface area contributed by atoms with Gasteiger partial charge in [-0.25, -0.2) is 0 Å². The summed E-state index contributed by atoms with van der Waals surface area (Å²) >= 11 is 0. The molecule has 0 aliphatic carbocycles. The Bertz CT molecular complexity index is 1170. The Morgan fingerprint density at radius 2 is 1.86 bits per heavy atom. The highest BCUT2D eigenvalue weighted by molar-refractivity contribution is 6.06. The molecule has 5 N–H and O–H groups in total. The number of nitrogens with zero attached hydrogens (tertiary/aromatic N) is 2. The van der Waals surface area contributed by atoms with Gasteiger partial charge in [0, 0.05) is 67.2 Å². The first-order valence-electron chi connectivity index (χ1n) is 11.8. The first-order chi connectivity index (χ1) is 16.9. The Kier molecular flexibility index (Phi) is 6.12. The number of nitrogens with two attached hydrogens (primary N) is 1. The van der Waals surface area contributed by atoms with Gasteiger partial charge in [0.05, 0.1) is 6.04 Å². The number of benzene rings is 2. The summed E-state index contributed by atoms with van der Waals surface area (Å²) in [5, 5.41) is 8.79. The molecule has 0 radical (unpaired) electrons. The van der Waals surface area contributed by atoms with Crippen LogP contribution >= 0.6 is 0 Å². The van der Waals surface area contributed by atoms with Gasteiger partial charge in [0.15, 0.2) is 0 Å². The number of fused-ring (bicyclic) bond motifs is 1. The van der Waals surface area contributed by atoms with E-state index in [1.807, 2.05) is 12.1 Å². The molecule has 10 heteroatoms. The topological polar surface area (TPSA) is 137 Å². The minimum atomic E-state index is -0.622. The Labute approximate surface area is 202 Å². The van der Waals surface area contributed by atoms with E-state index >= 15 is 0 Å². The van der Waals surface area contributed by atoms with Gasteiger partial charge in [-0.05, 0) is 42.8 Å². The van der Waals surface area contributed by atoms with E-state index in [1.165, 1.54) is 0 Å². The fourth-order valence-electron chi connectivity index (χ4n) is 4.85. The zero-order valence-electron chi connectivity index (χ0n) is 19.3. The van der Waals surface area contributed by atoms with Crippen LogP contribution in [0.3, 0.4) is 0 Å². The maximum absolute atomic E-state index is 13.0. The highest BCUT2D eigenvalue weighted by atomic mass is 16.2. The quantitative estimate of drug-likeness (QED) is 0.338. The Morgan fingerprint density at radius 1 is 1.09 bits per heavy atom. The molecule has 182 valence electrons. The Hall–Kier alpha value is -3.92. The zero-order valence-corrected chi connectivity index (χ0v) is 19.3. The lowest BCUT2D eigenvalue weighted by molar-refractivity contribution is -0.136. The smallest absolute Gasteiger partial charge is 0.255 e. The van der Waals surface area contributed by atoms with Crippen molar-refractivity contribution >= 4 is 35.0 Å². The van der Waals surface area contributed by atoms with Crippen LogP contribution in [0.25, 0.3) is 0 Å². The van der Waals surface area contributed by atoms with Crippen molar-refractivity contribution < 1.29 is 19.2 Å². The average Bonchev–Trinajstić information content (AvgIpc) is 3.14. The number of piperidine rings is 1. The van der Waals surface area contributed by atoms with Crippen LogP contribution < -0.4 is 21.7 Å². The summed E-state index contributed by atoms with van der Waals surface area (Å²) < 4.78 is 0. The van der Waals surface area contributed by atoms with Crippen LogP contribution in [0.4, 0.5) is 11.4 Å². The van der Waals surface area contributed by atoms with Gasteiger partial charge in [0.25, 0.3) is 11.8 Å². The molecule has 5 rings (SSSR count). The standard InChI is InChI=1S/C25H28N6O4/c26-16-6-4-15(5-7-16)23(33)27-10-11-30-12-17(13-30)28-20-3-1-2-18-19(20)14-31(25(18)35)21-8-9-22(32)29-24(21)34/h1-7,17,21,28H,8-14,26H2,(H,27,33)(H,29,32,34). The summed E-state index contributed by atoms with van der Waals surface area (Å²) in [6, 6.07) is 12.0. The van der Waals surface area contributed by atoms with E-state index in [2.05, 4.69) is 20.9 Å². The SMILES string of the molecule is Nc1ccc(C(=O)NCCN2CC(Nc3cccc4c3CN(C3CCC(=O)NC3=O)C4=O)C2)cc1. The second kappa shape index (κ2) is 9.38. The van der Waals surface area contributed by atoms with E-state index in [4.69, 9.17) is 5.73 Å². The van der Waals surface area contributed by atoms with Gasteiger partial charge in [0.2, 0.25) is 11.8 Å². The van der Waals surface area contributed by atoms with Crippen molar-refractivity contribution in [2.75, 3.05) is 37.2 Å². The normalized spacial score (nSPS) is 20.3. The number of carbonyl (C=O) groups is 4.